The first-order chi connectivity index (χ1) is 13.7. The number of rotatable bonds is 5. The van der Waals surface area contributed by atoms with E-state index in [1.54, 1.807) is 0 Å². The Balaban J connectivity index is 2.05. The summed E-state index contributed by atoms with van der Waals surface area (Å²) in [7, 11) is 0. The molecule has 2 atom stereocenters. The van der Waals surface area contributed by atoms with Gasteiger partial charge in [0.2, 0.25) is 0 Å². The number of carbonyl (C=O) groups excluding carboxylic acids is 1. The van der Waals surface area contributed by atoms with Crippen molar-refractivity contribution in [3.8, 4) is 0 Å². The molecule has 0 amide bonds. The smallest absolute Gasteiger partial charge is 0.170 e. The van der Waals surface area contributed by atoms with Crippen LogP contribution in [0.3, 0.4) is 0 Å². The Kier molecular flexibility index (Phi) is 4.97. The van der Waals surface area contributed by atoms with E-state index in [-0.39, 0.29) is 5.78 Å². The van der Waals surface area contributed by atoms with Gasteiger partial charge < -0.3 is 5.11 Å². The van der Waals surface area contributed by atoms with E-state index >= 15 is 0 Å². The molecule has 0 saturated heterocycles. The van der Waals surface area contributed by atoms with E-state index in [1.165, 1.54) is 0 Å². The van der Waals surface area contributed by atoms with Crippen LogP contribution >= 0.6 is 0 Å². The second-order valence-corrected chi connectivity index (χ2v) is 7.32. The van der Waals surface area contributed by atoms with Gasteiger partial charge in [0.15, 0.2) is 5.78 Å². The van der Waals surface area contributed by atoms with Crippen LogP contribution in [0.25, 0.3) is 11.1 Å². The molecule has 2 nitrogen and oxygen atoms in total. The Morgan fingerprint density at radius 2 is 1.29 bits per heavy atom. The molecular weight excluding hydrogens is 344 g/mol. The maximum Gasteiger partial charge on any atom is 0.170 e. The summed E-state index contributed by atoms with van der Waals surface area (Å²) in [5, 5.41) is 12.2. The molecule has 3 aromatic carbocycles. The van der Waals surface area contributed by atoms with Crippen LogP contribution in [0.4, 0.5) is 0 Å². The third kappa shape index (κ3) is 2.90. The standard InChI is InChI=1S/C26H24O2/c1-2-12-22-25(27)23(19-13-6-3-7-14-19)24(20-15-8-4-9-16-20)26(22,28)21-17-10-5-11-18-21/h3-11,13-18,22,28H,2,12H2,1H3. The van der Waals surface area contributed by atoms with Crippen molar-refractivity contribution in [2.24, 2.45) is 5.92 Å². The fraction of sp³-hybridized carbons (Fsp3) is 0.192. The van der Waals surface area contributed by atoms with Gasteiger partial charge in [0.1, 0.15) is 5.60 Å². The highest BCUT2D eigenvalue weighted by Crippen LogP contribution is 2.54. The Morgan fingerprint density at radius 1 is 0.786 bits per heavy atom. The maximum absolute atomic E-state index is 13.7. The summed E-state index contributed by atoms with van der Waals surface area (Å²) in [6.45, 7) is 2.06. The van der Waals surface area contributed by atoms with Crippen molar-refractivity contribution in [1.82, 2.24) is 0 Å². The quantitative estimate of drug-likeness (QED) is 0.647. The van der Waals surface area contributed by atoms with Crippen LogP contribution in [0.5, 0.6) is 0 Å². The molecule has 0 aromatic heterocycles. The van der Waals surface area contributed by atoms with Gasteiger partial charge in [0.25, 0.3) is 0 Å². The van der Waals surface area contributed by atoms with E-state index in [0.717, 1.165) is 23.1 Å². The van der Waals surface area contributed by atoms with Crippen LogP contribution in [0.1, 0.15) is 36.5 Å². The van der Waals surface area contributed by atoms with Crippen molar-refractivity contribution in [1.29, 1.82) is 0 Å². The van der Waals surface area contributed by atoms with Crippen LogP contribution in [0, 0.1) is 5.92 Å². The van der Waals surface area contributed by atoms with Crippen molar-refractivity contribution < 1.29 is 9.90 Å². The van der Waals surface area contributed by atoms with Crippen molar-refractivity contribution in [2.75, 3.05) is 0 Å². The van der Waals surface area contributed by atoms with Gasteiger partial charge in [-0.25, -0.2) is 0 Å². The molecular formula is C26H24O2. The molecule has 2 heteroatoms. The summed E-state index contributed by atoms with van der Waals surface area (Å²) in [6, 6.07) is 29.2. The summed E-state index contributed by atoms with van der Waals surface area (Å²) in [5.41, 5.74) is 2.53. The van der Waals surface area contributed by atoms with Crippen molar-refractivity contribution in [3.05, 3.63) is 108 Å². The van der Waals surface area contributed by atoms with Gasteiger partial charge in [-0.1, -0.05) is 104 Å². The predicted molar refractivity (Wildman–Crippen MR) is 113 cm³/mol. The molecule has 0 heterocycles. The minimum atomic E-state index is -1.35. The first kappa shape index (κ1) is 18.4. The Bertz CT molecular complexity index is 990. The Hall–Kier alpha value is -2.97. The normalized spacial score (nSPS) is 21.9. The number of allylic oxidation sites excluding steroid dienone is 1. The number of aliphatic hydroxyl groups is 1. The van der Waals surface area contributed by atoms with Gasteiger partial charge >= 0.3 is 0 Å². The molecule has 0 bridgehead atoms. The van der Waals surface area contributed by atoms with Crippen molar-refractivity contribution in [2.45, 2.75) is 25.4 Å². The SMILES string of the molecule is CCCC1C(=O)C(c2ccccc2)=C(c2ccccc2)C1(O)c1ccccc1. The number of ketones is 1. The lowest BCUT2D eigenvalue weighted by molar-refractivity contribution is -0.122. The fourth-order valence-corrected chi connectivity index (χ4v) is 4.38. The van der Waals surface area contributed by atoms with E-state index in [1.807, 2.05) is 91.0 Å². The zero-order chi connectivity index (χ0) is 19.6. The summed E-state index contributed by atoms with van der Waals surface area (Å²) in [5.74, 6) is -0.469. The Morgan fingerprint density at radius 3 is 1.82 bits per heavy atom. The maximum atomic E-state index is 13.7. The molecule has 1 aliphatic rings. The molecule has 3 aromatic rings. The van der Waals surface area contributed by atoms with E-state index in [0.29, 0.717) is 17.6 Å². The second kappa shape index (κ2) is 7.57. The second-order valence-electron chi connectivity index (χ2n) is 7.32. The molecule has 140 valence electrons. The summed E-state index contributed by atoms with van der Waals surface area (Å²) in [6.07, 6.45) is 1.46. The van der Waals surface area contributed by atoms with Gasteiger partial charge in [-0.15, -0.1) is 0 Å². The average molecular weight is 368 g/mol. The van der Waals surface area contributed by atoms with E-state index in [2.05, 4.69) is 6.92 Å². The first-order valence-corrected chi connectivity index (χ1v) is 9.85. The van der Waals surface area contributed by atoms with Gasteiger partial charge in [-0.3, -0.25) is 4.79 Å². The van der Waals surface area contributed by atoms with E-state index in [4.69, 9.17) is 0 Å². The summed E-state index contributed by atoms with van der Waals surface area (Å²) >= 11 is 0. The molecule has 1 N–H and O–H groups in total. The van der Waals surface area contributed by atoms with Crippen molar-refractivity contribution >= 4 is 16.9 Å². The number of benzene rings is 3. The molecule has 0 saturated carbocycles. The first-order valence-electron chi connectivity index (χ1n) is 9.85. The molecule has 0 fully saturated rings. The molecule has 4 rings (SSSR count). The number of carbonyl (C=O) groups is 1. The van der Waals surface area contributed by atoms with E-state index in [9.17, 15) is 9.90 Å². The highest BCUT2D eigenvalue weighted by Gasteiger charge is 2.53. The van der Waals surface area contributed by atoms with Crippen LogP contribution in [-0.2, 0) is 10.4 Å². The van der Waals surface area contributed by atoms with Crippen LogP contribution in [0.2, 0.25) is 0 Å². The third-order valence-electron chi connectivity index (χ3n) is 5.61. The summed E-state index contributed by atoms with van der Waals surface area (Å²) in [4.78, 5) is 13.7. The monoisotopic (exact) mass is 368 g/mol. The van der Waals surface area contributed by atoms with Crippen LogP contribution in [0.15, 0.2) is 91.0 Å². The molecule has 0 radical (unpaired) electrons. The minimum absolute atomic E-state index is 0.0262. The number of hydrogen-bond acceptors (Lipinski definition) is 2. The van der Waals surface area contributed by atoms with Gasteiger partial charge in [-0.2, -0.15) is 0 Å². The zero-order valence-electron chi connectivity index (χ0n) is 16.0. The van der Waals surface area contributed by atoms with Gasteiger partial charge in [0, 0.05) is 11.1 Å². The van der Waals surface area contributed by atoms with E-state index < -0.39 is 11.5 Å². The molecule has 2 unspecified atom stereocenters. The average Bonchev–Trinajstić information content (AvgIpc) is 2.98. The zero-order valence-corrected chi connectivity index (χ0v) is 16.0. The highest BCUT2D eigenvalue weighted by molar-refractivity contribution is 6.33. The van der Waals surface area contributed by atoms with Crippen LogP contribution in [-0.4, -0.2) is 10.9 Å². The lowest BCUT2D eigenvalue weighted by atomic mass is 9.75. The third-order valence-corrected chi connectivity index (χ3v) is 5.61. The summed E-state index contributed by atoms with van der Waals surface area (Å²) < 4.78 is 0. The predicted octanol–water partition coefficient (Wildman–Crippen LogP) is 5.48. The molecule has 1 aliphatic carbocycles. The number of hydrogen-bond donors (Lipinski definition) is 1. The lowest BCUT2D eigenvalue weighted by Gasteiger charge is -2.33. The lowest BCUT2D eigenvalue weighted by Crippen LogP contribution is -2.35. The van der Waals surface area contributed by atoms with Gasteiger partial charge in [-0.05, 0) is 23.1 Å². The molecule has 28 heavy (non-hydrogen) atoms. The molecule has 0 spiro atoms. The fourth-order valence-electron chi connectivity index (χ4n) is 4.38. The topological polar surface area (TPSA) is 37.3 Å². The molecule has 0 aliphatic heterocycles. The Labute approximate surface area is 166 Å². The van der Waals surface area contributed by atoms with Crippen molar-refractivity contribution in [3.63, 3.8) is 0 Å². The van der Waals surface area contributed by atoms with Gasteiger partial charge in [0.05, 0.1) is 5.92 Å². The number of Topliss-reactive ketones (excluding diaryl/α,β-unsaturated/α-hetero) is 1. The minimum Gasteiger partial charge on any atom is -0.380 e. The largest absolute Gasteiger partial charge is 0.380 e. The van der Waals surface area contributed by atoms with Crippen LogP contribution < -0.4 is 0 Å². The highest BCUT2D eigenvalue weighted by atomic mass is 16.3.